The SMILES string of the molecule is N=C(N)CCN(CC(F)(F)c1ccccc1)C1CC1. The summed E-state index contributed by atoms with van der Waals surface area (Å²) in [7, 11) is 0. The van der Waals surface area contributed by atoms with Crippen LogP contribution >= 0.6 is 0 Å². The van der Waals surface area contributed by atoms with E-state index in [-0.39, 0.29) is 24.0 Å². The molecule has 0 aliphatic heterocycles. The van der Waals surface area contributed by atoms with Crippen LogP contribution < -0.4 is 5.73 Å². The van der Waals surface area contributed by atoms with Crippen LogP contribution in [-0.2, 0) is 5.92 Å². The van der Waals surface area contributed by atoms with E-state index in [2.05, 4.69) is 0 Å². The highest BCUT2D eigenvalue weighted by atomic mass is 19.3. The van der Waals surface area contributed by atoms with Crippen molar-refractivity contribution in [1.82, 2.24) is 4.90 Å². The van der Waals surface area contributed by atoms with Gasteiger partial charge in [-0.15, -0.1) is 0 Å². The molecular formula is C14H19F2N3. The maximum atomic E-state index is 14.2. The van der Waals surface area contributed by atoms with Gasteiger partial charge in [0.1, 0.15) is 0 Å². The summed E-state index contributed by atoms with van der Waals surface area (Å²) in [5, 5.41) is 7.21. The lowest BCUT2D eigenvalue weighted by atomic mass is 10.1. The van der Waals surface area contributed by atoms with Gasteiger partial charge in [0.15, 0.2) is 0 Å². The summed E-state index contributed by atoms with van der Waals surface area (Å²) in [6.07, 6.45) is 2.27. The van der Waals surface area contributed by atoms with Crippen LogP contribution in [-0.4, -0.2) is 29.9 Å². The van der Waals surface area contributed by atoms with E-state index in [0.29, 0.717) is 13.0 Å². The summed E-state index contributed by atoms with van der Waals surface area (Å²) >= 11 is 0. The first-order valence-corrected chi connectivity index (χ1v) is 6.49. The summed E-state index contributed by atoms with van der Waals surface area (Å²) in [6, 6.07) is 8.12. The van der Waals surface area contributed by atoms with Gasteiger partial charge in [-0.05, 0) is 12.8 Å². The number of halogens is 2. The van der Waals surface area contributed by atoms with Crippen molar-refractivity contribution in [1.29, 1.82) is 5.41 Å². The van der Waals surface area contributed by atoms with Crippen molar-refractivity contribution in [2.24, 2.45) is 5.73 Å². The van der Waals surface area contributed by atoms with Crippen molar-refractivity contribution in [2.45, 2.75) is 31.2 Å². The summed E-state index contributed by atoms with van der Waals surface area (Å²) < 4.78 is 28.4. The first-order valence-electron chi connectivity index (χ1n) is 6.49. The Balaban J connectivity index is 2.01. The van der Waals surface area contributed by atoms with Crippen LogP contribution in [0.15, 0.2) is 30.3 Å². The van der Waals surface area contributed by atoms with Crippen LogP contribution in [0.25, 0.3) is 0 Å². The summed E-state index contributed by atoms with van der Waals surface area (Å²) in [6.45, 7) is 0.136. The Labute approximate surface area is 111 Å². The number of nitrogens with zero attached hydrogens (tertiary/aromatic N) is 1. The molecule has 0 amide bonds. The zero-order valence-corrected chi connectivity index (χ0v) is 10.8. The fraction of sp³-hybridized carbons (Fsp3) is 0.500. The van der Waals surface area contributed by atoms with Gasteiger partial charge in [0, 0.05) is 24.6 Å². The van der Waals surface area contributed by atoms with E-state index in [0.717, 1.165) is 12.8 Å². The third-order valence-electron chi connectivity index (χ3n) is 3.33. The molecule has 104 valence electrons. The number of benzene rings is 1. The Kier molecular flexibility index (Phi) is 4.14. The molecule has 1 fully saturated rings. The first-order chi connectivity index (χ1) is 8.99. The number of hydrogen-bond donors (Lipinski definition) is 2. The maximum absolute atomic E-state index is 14.2. The lowest BCUT2D eigenvalue weighted by molar-refractivity contribution is -0.0395. The number of alkyl halides is 2. The van der Waals surface area contributed by atoms with E-state index in [9.17, 15) is 8.78 Å². The maximum Gasteiger partial charge on any atom is 0.285 e. The molecule has 0 radical (unpaired) electrons. The normalized spacial score (nSPS) is 15.7. The van der Waals surface area contributed by atoms with Crippen LogP contribution in [0.1, 0.15) is 24.8 Å². The van der Waals surface area contributed by atoms with E-state index in [1.807, 2.05) is 0 Å². The fourth-order valence-corrected chi connectivity index (χ4v) is 2.12. The standard InChI is InChI=1S/C14H19F2N3/c15-14(16,11-4-2-1-3-5-11)10-19(12-6-7-12)9-8-13(17)18/h1-5,12H,6-10H2,(H3,17,18). The third kappa shape index (κ3) is 3.99. The molecule has 0 spiro atoms. The summed E-state index contributed by atoms with van der Waals surface area (Å²) in [5.74, 6) is -2.81. The molecule has 1 aromatic carbocycles. The molecule has 0 bridgehead atoms. The van der Waals surface area contributed by atoms with E-state index in [4.69, 9.17) is 11.1 Å². The molecule has 0 heterocycles. The highest BCUT2D eigenvalue weighted by Crippen LogP contribution is 2.34. The molecule has 0 unspecified atom stereocenters. The van der Waals surface area contributed by atoms with Crippen molar-refractivity contribution >= 4 is 5.84 Å². The van der Waals surface area contributed by atoms with Gasteiger partial charge in [-0.25, -0.2) is 0 Å². The average Bonchev–Trinajstić information content (AvgIpc) is 3.19. The van der Waals surface area contributed by atoms with Crippen LogP contribution in [0.3, 0.4) is 0 Å². The molecule has 1 aliphatic carbocycles. The summed E-state index contributed by atoms with van der Waals surface area (Å²) in [4.78, 5) is 1.76. The minimum atomic E-state index is -2.86. The van der Waals surface area contributed by atoms with Crippen molar-refractivity contribution in [3.63, 3.8) is 0 Å². The van der Waals surface area contributed by atoms with Gasteiger partial charge in [0.05, 0.1) is 12.4 Å². The zero-order valence-electron chi connectivity index (χ0n) is 10.8. The minimum Gasteiger partial charge on any atom is -0.388 e. The molecule has 19 heavy (non-hydrogen) atoms. The second-order valence-electron chi connectivity index (χ2n) is 5.05. The molecule has 3 N–H and O–H groups in total. The van der Waals surface area contributed by atoms with Gasteiger partial charge in [0.2, 0.25) is 0 Å². The van der Waals surface area contributed by atoms with Gasteiger partial charge in [-0.3, -0.25) is 10.3 Å². The van der Waals surface area contributed by atoms with E-state index in [1.54, 1.807) is 23.1 Å². The van der Waals surface area contributed by atoms with Crippen LogP contribution in [0.5, 0.6) is 0 Å². The Morgan fingerprint density at radius 3 is 2.47 bits per heavy atom. The number of nitrogens with two attached hydrogens (primary N) is 1. The van der Waals surface area contributed by atoms with E-state index >= 15 is 0 Å². The highest BCUT2D eigenvalue weighted by molar-refractivity contribution is 5.76. The molecule has 5 heteroatoms. The third-order valence-corrected chi connectivity index (χ3v) is 3.33. The second-order valence-corrected chi connectivity index (χ2v) is 5.05. The number of nitrogens with one attached hydrogen (secondary N) is 1. The lowest BCUT2D eigenvalue weighted by Gasteiger charge is -2.27. The van der Waals surface area contributed by atoms with Crippen LogP contribution in [0.2, 0.25) is 0 Å². The van der Waals surface area contributed by atoms with Gasteiger partial charge >= 0.3 is 0 Å². The summed E-state index contributed by atoms with van der Waals surface area (Å²) in [5.41, 5.74) is 5.35. The van der Waals surface area contributed by atoms with Crippen LogP contribution in [0.4, 0.5) is 8.78 Å². The van der Waals surface area contributed by atoms with Gasteiger partial charge in [-0.2, -0.15) is 8.78 Å². The molecule has 1 aromatic rings. The van der Waals surface area contributed by atoms with E-state index in [1.165, 1.54) is 12.1 Å². The predicted octanol–water partition coefficient (Wildman–Crippen LogP) is 2.57. The molecule has 2 rings (SSSR count). The fourth-order valence-electron chi connectivity index (χ4n) is 2.12. The lowest BCUT2D eigenvalue weighted by Crippen LogP contribution is -2.38. The Bertz CT molecular complexity index is 430. The van der Waals surface area contributed by atoms with Crippen molar-refractivity contribution < 1.29 is 8.78 Å². The Morgan fingerprint density at radius 2 is 1.95 bits per heavy atom. The quantitative estimate of drug-likeness (QED) is 0.589. The Hall–Kier alpha value is -1.49. The number of rotatable bonds is 7. The average molecular weight is 267 g/mol. The van der Waals surface area contributed by atoms with Crippen molar-refractivity contribution in [3.8, 4) is 0 Å². The molecule has 3 nitrogen and oxygen atoms in total. The molecule has 0 atom stereocenters. The number of amidine groups is 1. The highest BCUT2D eigenvalue weighted by Gasteiger charge is 2.39. The minimum absolute atomic E-state index is 0.0449. The first kappa shape index (κ1) is 13.9. The van der Waals surface area contributed by atoms with Gasteiger partial charge in [-0.1, -0.05) is 30.3 Å². The second kappa shape index (κ2) is 5.65. The Morgan fingerprint density at radius 1 is 1.32 bits per heavy atom. The number of hydrogen-bond acceptors (Lipinski definition) is 2. The molecule has 0 saturated heterocycles. The topological polar surface area (TPSA) is 53.1 Å². The zero-order chi connectivity index (χ0) is 13.9. The van der Waals surface area contributed by atoms with Crippen molar-refractivity contribution in [3.05, 3.63) is 35.9 Å². The molecular weight excluding hydrogens is 248 g/mol. The van der Waals surface area contributed by atoms with Crippen molar-refractivity contribution in [2.75, 3.05) is 13.1 Å². The predicted molar refractivity (Wildman–Crippen MR) is 71.5 cm³/mol. The molecule has 1 aliphatic rings. The van der Waals surface area contributed by atoms with Gasteiger partial charge in [0.25, 0.3) is 5.92 Å². The monoisotopic (exact) mass is 267 g/mol. The van der Waals surface area contributed by atoms with Gasteiger partial charge < -0.3 is 5.73 Å². The largest absolute Gasteiger partial charge is 0.388 e. The molecule has 0 aromatic heterocycles. The van der Waals surface area contributed by atoms with E-state index < -0.39 is 5.92 Å². The smallest absolute Gasteiger partial charge is 0.285 e. The van der Waals surface area contributed by atoms with Crippen LogP contribution in [0, 0.1) is 5.41 Å². The molecule has 1 saturated carbocycles.